The molecule has 0 aromatic heterocycles. The molecule has 0 aliphatic heterocycles. The molecule has 2 aromatic rings. The molecule has 0 spiro atoms. The molecule has 0 saturated carbocycles. The Morgan fingerprint density at radius 2 is 1.35 bits per heavy atom. The minimum Gasteiger partial charge on any atom is -0.157 e. The number of thioether (sulfide) groups is 2. The number of benzene rings is 2. The molecule has 0 bridgehead atoms. The second-order valence-electron chi connectivity index (χ2n) is 6.58. The first kappa shape index (κ1) is 20.9. The van der Waals surface area contributed by atoms with E-state index in [4.69, 9.17) is 0 Å². The minimum atomic E-state index is 0.792. The van der Waals surface area contributed by atoms with Crippen LogP contribution < -0.4 is 0 Å². The summed E-state index contributed by atoms with van der Waals surface area (Å²) in [5, 5.41) is 0. The number of rotatable bonds is 12. The highest BCUT2D eigenvalue weighted by molar-refractivity contribution is 7.99. The summed E-state index contributed by atoms with van der Waals surface area (Å²) in [5.41, 5.74) is 5.23. The van der Waals surface area contributed by atoms with Gasteiger partial charge in [-0.05, 0) is 46.1 Å². The highest BCUT2D eigenvalue weighted by atomic mass is 32.2. The van der Waals surface area contributed by atoms with Gasteiger partial charge in [0, 0.05) is 11.5 Å². The van der Waals surface area contributed by atoms with Crippen molar-refractivity contribution in [1.29, 1.82) is 0 Å². The molecule has 2 aromatic carbocycles. The van der Waals surface area contributed by atoms with Crippen molar-refractivity contribution >= 4 is 35.7 Å². The molecule has 0 unspecified atom stereocenters. The maximum absolute atomic E-state index is 3.86. The maximum Gasteiger partial charge on any atom is 0.0184 e. The van der Waals surface area contributed by atoms with Crippen molar-refractivity contribution in [2.24, 2.45) is 5.92 Å². The van der Waals surface area contributed by atoms with E-state index >= 15 is 0 Å². The van der Waals surface area contributed by atoms with Gasteiger partial charge in [-0.15, -0.1) is 0 Å². The Morgan fingerprint density at radius 3 is 1.77 bits per heavy atom. The van der Waals surface area contributed by atoms with Gasteiger partial charge in [0.1, 0.15) is 0 Å². The van der Waals surface area contributed by atoms with Crippen molar-refractivity contribution in [3.8, 4) is 0 Å². The molecule has 26 heavy (non-hydrogen) atoms. The Hall–Kier alpha value is -1.38. The van der Waals surface area contributed by atoms with Crippen LogP contribution in [0.2, 0.25) is 0 Å². The van der Waals surface area contributed by atoms with Gasteiger partial charge in [-0.3, -0.25) is 0 Å². The van der Waals surface area contributed by atoms with E-state index in [-0.39, 0.29) is 0 Å². The molecule has 0 atom stereocenters. The third-order valence-electron chi connectivity index (χ3n) is 4.31. The zero-order valence-corrected chi connectivity index (χ0v) is 17.5. The fourth-order valence-corrected chi connectivity index (χ4v) is 5.38. The fraction of sp³-hybridized carbons (Fsp3) is 0.333. The fourth-order valence-electron chi connectivity index (χ4n) is 2.93. The Balaban J connectivity index is 1.76. The first-order chi connectivity index (χ1) is 12.7. The van der Waals surface area contributed by atoms with Crippen LogP contribution in [0.1, 0.15) is 42.0 Å². The quantitative estimate of drug-likeness (QED) is 0.371. The van der Waals surface area contributed by atoms with Crippen LogP contribution in [0, 0.1) is 5.92 Å². The van der Waals surface area contributed by atoms with Gasteiger partial charge in [-0.25, -0.2) is 0 Å². The average Bonchev–Trinajstić information content (AvgIpc) is 2.68. The second kappa shape index (κ2) is 12.1. The standard InChI is InChI=1S/C24H30S2/c1-4-9-24(18-25-16-22-12-7-10-20(5-2)14-22)19-26-17-23-13-8-11-21(6-3)15-23/h5-8,10-15,24H,2-4,9,16-19H2,1H3. The molecule has 2 heteroatoms. The van der Waals surface area contributed by atoms with Crippen molar-refractivity contribution in [3.05, 3.63) is 83.9 Å². The first-order valence-corrected chi connectivity index (χ1v) is 11.6. The summed E-state index contributed by atoms with van der Waals surface area (Å²) in [7, 11) is 0. The number of hydrogen-bond donors (Lipinski definition) is 0. The van der Waals surface area contributed by atoms with Crippen LogP contribution in [0.4, 0.5) is 0 Å². The monoisotopic (exact) mass is 382 g/mol. The van der Waals surface area contributed by atoms with Crippen molar-refractivity contribution in [3.63, 3.8) is 0 Å². The molecule has 0 radical (unpaired) electrons. The lowest BCUT2D eigenvalue weighted by Gasteiger charge is -2.16. The van der Waals surface area contributed by atoms with E-state index in [1.807, 2.05) is 12.2 Å². The third-order valence-corrected chi connectivity index (χ3v) is 6.80. The maximum atomic E-state index is 3.86. The van der Waals surface area contributed by atoms with Gasteiger partial charge in [0.25, 0.3) is 0 Å². The van der Waals surface area contributed by atoms with E-state index in [0.29, 0.717) is 0 Å². The molecule has 0 aliphatic rings. The summed E-state index contributed by atoms with van der Waals surface area (Å²) in [5.74, 6) is 5.46. The first-order valence-electron chi connectivity index (χ1n) is 9.33. The van der Waals surface area contributed by atoms with E-state index < -0.39 is 0 Å². The van der Waals surface area contributed by atoms with Crippen LogP contribution in [0.15, 0.2) is 61.7 Å². The van der Waals surface area contributed by atoms with Gasteiger partial charge >= 0.3 is 0 Å². The van der Waals surface area contributed by atoms with E-state index in [1.54, 1.807) is 0 Å². The molecule has 0 heterocycles. The van der Waals surface area contributed by atoms with Gasteiger partial charge in [0.2, 0.25) is 0 Å². The van der Waals surface area contributed by atoms with E-state index in [1.165, 1.54) is 46.6 Å². The van der Waals surface area contributed by atoms with Gasteiger partial charge in [-0.2, -0.15) is 23.5 Å². The zero-order valence-electron chi connectivity index (χ0n) is 15.8. The largest absolute Gasteiger partial charge is 0.157 e. The lowest BCUT2D eigenvalue weighted by Crippen LogP contribution is -2.07. The van der Waals surface area contributed by atoms with Gasteiger partial charge < -0.3 is 0 Å². The van der Waals surface area contributed by atoms with Crippen LogP contribution >= 0.6 is 23.5 Å². The highest BCUT2D eigenvalue weighted by Crippen LogP contribution is 2.24. The van der Waals surface area contributed by atoms with Crippen molar-refractivity contribution in [2.75, 3.05) is 11.5 Å². The van der Waals surface area contributed by atoms with E-state index in [2.05, 4.69) is 92.1 Å². The lowest BCUT2D eigenvalue weighted by atomic mass is 10.1. The van der Waals surface area contributed by atoms with Crippen LogP contribution in [-0.2, 0) is 11.5 Å². The summed E-state index contributed by atoms with van der Waals surface area (Å²) >= 11 is 4.13. The topological polar surface area (TPSA) is 0 Å². The summed E-state index contributed by atoms with van der Waals surface area (Å²) in [6.07, 6.45) is 6.43. The van der Waals surface area contributed by atoms with E-state index in [0.717, 1.165) is 17.4 Å². The van der Waals surface area contributed by atoms with Crippen LogP contribution in [0.25, 0.3) is 12.2 Å². The predicted molar refractivity (Wildman–Crippen MR) is 124 cm³/mol. The minimum absolute atomic E-state index is 0.792. The molecule has 0 aliphatic carbocycles. The Kier molecular flexibility index (Phi) is 9.73. The molecule has 0 N–H and O–H groups in total. The summed E-state index contributed by atoms with van der Waals surface area (Å²) in [6, 6.07) is 17.4. The molecule has 2 rings (SSSR count). The molecule has 0 fully saturated rings. The molecule has 138 valence electrons. The molecular weight excluding hydrogens is 352 g/mol. The van der Waals surface area contributed by atoms with Crippen LogP contribution in [0.5, 0.6) is 0 Å². The van der Waals surface area contributed by atoms with Gasteiger partial charge in [-0.1, -0.05) is 87.2 Å². The van der Waals surface area contributed by atoms with Crippen LogP contribution in [-0.4, -0.2) is 11.5 Å². The molecule has 0 nitrogen and oxygen atoms in total. The highest BCUT2D eigenvalue weighted by Gasteiger charge is 2.09. The Labute approximate surface area is 168 Å². The van der Waals surface area contributed by atoms with Crippen LogP contribution in [0.3, 0.4) is 0 Å². The van der Waals surface area contributed by atoms with Crippen molar-refractivity contribution < 1.29 is 0 Å². The second-order valence-corrected chi connectivity index (χ2v) is 8.64. The SMILES string of the molecule is C=Cc1cccc(CSCC(CCC)CSCc2cccc(C=C)c2)c1. The average molecular weight is 383 g/mol. The zero-order chi connectivity index (χ0) is 18.6. The summed E-state index contributed by atoms with van der Waals surface area (Å²) < 4.78 is 0. The smallest absolute Gasteiger partial charge is 0.0184 e. The number of hydrogen-bond acceptors (Lipinski definition) is 2. The predicted octanol–water partition coefficient (Wildman–Crippen LogP) is 7.56. The van der Waals surface area contributed by atoms with Gasteiger partial charge in [0.05, 0.1) is 0 Å². The van der Waals surface area contributed by atoms with Gasteiger partial charge in [0.15, 0.2) is 0 Å². The Morgan fingerprint density at radius 1 is 0.846 bits per heavy atom. The third kappa shape index (κ3) is 7.47. The van der Waals surface area contributed by atoms with E-state index in [9.17, 15) is 0 Å². The molecule has 0 saturated heterocycles. The molecule has 0 amide bonds. The van der Waals surface area contributed by atoms with Crippen molar-refractivity contribution in [1.82, 2.24) is 0 Å². The lowest BCUT2D eigenvalue weighted by molar-refractivity contribution is 0.594. The summed E-state index contributed by atoms with van der Waals surface area (Å²) in [6.45, 7) is 10.0. The summed E-state index contributed by atoms with van der Waals surface area (Å²) in [4.78, 5) is 0. The molecular formula is C24H30S2. The van der Waals surface area contributed by atoms with Crippen molar-refractivity contribution in [2.45, 2.75) is 31.3 Å². The Bertz CT molecular complexity index is 633. The normalized spacial score (nSPS) is 10.8.